The van der Waals surface area contributed by atoms with Gasteiger partial charge in [0.15, 0.2) is 0 Å². The fourth-order valence-corrected chi connectivity index (χ4v) is 2.76. The summed E-state index contributed by atoms with van der Waals surface area (Å²) in [7, 11) is 0. The molecule has 0 amide bonds. The number of benzene rings is 1. The zero-order valence-corrected chi connectivity index (χ0v) is 11.2. The van der Waals surface area contributed by atoms with Crippen LogP contribution >= 0.6 is 11.6 Å². The monoisotopic (exact) mass is 252 g/mol. The largest absolute Gasteiger partial charge is 0.327 e. The Morgan fingerprint density at radius 2 is 2.35 bits per heavy atom. The average molecular weight is 253 g/mol. The Balaban J connectivity index is 1.94. The fourth-order valence-electron chi connectivity index (χ4n) is 2.56. The molecule has 1 aromatic rings. The van der Waals surface area contributed by atoms with Crippen LogP contribution in [-0.4, -0.2) is 30.6 Å². The van der Waals surface area contributed by atoms with Crippen LogP contribution in [0.5, 0.6) is 0 Å². The molecule has 2 N–H and O–H groups in total. The second-order valence-corrected chi connectivity index (χ2v) is 5.55. The van der Waals surface area contributed by atoms with Gasteiger partial charge in [-0.3, -0.25) is 0 Å². The van der Waals surface area contributed by atoms with Gasteiger partial charge in [-0.05, 0) is 43.0 Å². The van der Waals surface area contributed by atoms with E-state index in [4.69, 9.17) is 17.3 Å². The number of piperidine rings is 1. The van der Waals surface area contributed by atoms with Crippen molar-refractivity contribution in [2.75, 3.05) is 19.6 Å². The Bertz CT molecular complexity index is 367. The molecule has 0 saturated carbocycles. The van der Waals surface area contributed by atoms with E-state index < -0.39 is 0 Å². The summed E-state index contributed by atoms with van der Waals surface area (Å²) < 4.78 is 0. The highest BCUT2D eigenvalue weighted by molar-refractivity contribution is 6.30. The van der Waals surface area contributed by atoms with E-state index in [1.807, 2.05) is 12.1 Å². The van der Waals surface area contributed by atoms with Gasteiger partial charge in [0.05, 0.1) is 0 Å². The van der Waals surface area contributed by atoms with Crippen LogP contribution in [-0.2, 0) is 0 Å². The van der Waals surface area contributed by atoms with E-state index in [9.17, 15) is 0 Å². The van der Waals surface area contributed by atoms with E-state index in [0.29, 0.717) is 12.0 Å². The molecule has 0 aliphatic carbocycles. The summed E-state index contributed by atoms with van der Waals surface area (Å²) >= 11 is 6.02. The summed E-state index contributed by atoms with van der Waals surface area (Å²) in [6.07, 6.45) is 2.39. The Kier molecular flexibility index (Phi) is 4.43. The third-order valence-corrected chi connectivity index (χ3v) is 3.73. The van der Waals surface area contributed by atoms with Crippen LogP contribution in [0.3, 0.4) is 0 Å². The first-order valence-corrected chi connectivity index (χ1v) is 6.76. The van der Waals surface area contributed by atoms with Crippen molar-refractivity contribution in [1.82, 2.24) is 4.90 Å². The van der Waals surface area contributed by atoms with Crippen molar-refractivity contribution in [3.8, 4) is 0 Å². The number of halogens is 1. The van der Waals surface area contributed by atoms with Crippen molar-refractivity contribution in [2.45, 2.75) is 31.7 Å². The van der Waals surface area contributed by atoms with Crippen LogP contribution < -0.4 is 5.73 Å². The first-order valence-electron chi connectivity index (χ1n) is 6.38. The van der Waals surface area contributed by atoms with Crippen LogP contribution in [0, 0.1) is 0 Å². The third-order valence-electron chi connectivity index (χ3n) is 3.49. The third kappa shape index (κ3) is 3.70. The number of rotatable bonds is 3. The van der Waals surface area contributed by atoms with E-state index in [-0.39, 0.29) is 0 Å². The number of hydrogen-bond acceptors (Lipinski definition) is 2. The minimum Gasteiger partial charge on any atom is -0.327 e. The highest BCUT2D eigenvalue weighted by Gasteiger charge is 2.18. The van der Waals surface area contributed by atoms with Crippen LogP contribution in [0.2, 0.25) is 5.02 Å². The Hall–Kier alpha value is -0.570. The second-order valence-electron chi connectivity index (χ2n) is 5.12. The maximum atomic E-state index is 6.02. The van der Waals surface area contributed by atoms with Gasteiger partial charge in [-0.2, -0.15) is 0 Å². The van der Waals surface area contributed by atoms with Crippen molar-refractivity contribution in [3.05, 3.63) is 34.9 Å². The zero-order chi connectivity index (χ0) is 12.3. The lowest BCUT2D eigenvalue weighted by atomic mass is 9.98. The topological polar surface area (TPSA) is 29.3 Å². The van der Waals surface area contributed by atoms with Crippen molar-refractivity contribution in [1.29, 1.82) is 0 Å². The number of likely N-dealkylation sites (tertiary alicyclic amines) is 1. The second kappa shape index (κ2) is 5.85. The van der Waals surface area contributed by atoms with Gasteiger partial charge in [-0.25, -0.2) is 0 Å². The van der Waals surface area contributed by atoms with Gasteiger partial charge in [0.2, 0.25) is 0 Å². The SMILES string of the molecule is CC(CN1CCC[C@@H](N)C1)c1cccc(Cl)c1. The van der Waals surface area contributed by atoms with Gasteiger partial charge >= 0.3 is 0 Å². The van der Waals surface area contributed by atoms with Crippen LogP contribution in [0.1, 0.15) is 31.2 Å². The van der Waals surface area contributed by atoms with Gasteiger partial charge in [0.1, 0.15) is 0 Å². The highest BCUT2D eigenvalue weighted by Crippen LogP contribution is 2.21. The zero-order valence-electron chi connectivity index (χ0n) is 10.4. The van der Waals surface area contributed by atoms with Crippen LogP contribution in [0.25, 0.3) is 0 Å². The molecule has 1 aliphatic rings. The van der Waals surface area contributed by atoms with Gasteiger partial charge in [-0.15, -0.1) is 0 Å². The first-order chi connectivity index (χ1) is 8.15. The van der Waals surface area contributed by atoms with Crippen molar-refractivity contribution in [3.63, 3.8) is 0 Å². The molecule has 1 unspecified atom stereocenters. The molecule has 2 nitrogen and oxygen atoms in total. The summed E-state index contributed by atoms with van der Waals surface area (Å²) in [6, 6.07) is 8.52. The lowest BCUT2D eigenvalue weighted by Gasteiger charge is -2.32. The fraction of sp³-hybridized carbons (Fsp3) is 0.571. The summed E-state index contributed by atoms with van der Waals surface area (Å²) in [4.78, 5) is 2.47. The van der Waals surface area contributed by atoms with E-state index in [1.54, 1.807) is 0 Å². The van der Waals surface area contributed by atoms with Crippen LogP contribution in [0.15, 0.2) is 24.3 Å². The molecule has 0 spiro atoms. The van der Waals surface area contributed by atoms with E-state index >= 15 is 0 Å². The van der Waals surface area contributed by atoms with Gasteiger partial charge in [0, 0.05) is 24.2 Å². The molecule has 2 rings (SSSR count). The molecule has 1 heterocycles. The quantitative estimate of drug-likeness (QED) is 0.897. The standard InChI is InChI=1S/C14H21ClN2/c1-11(12-4-2-5-13(15)8-12)9-17-7-3-6-14(16)10-17/h2,4-5,8,11,14H,3,6-7,9-10,16H2,1H3/t11?,14-/m1/s1. The number of nitrogens with two attached hydrogens (primary N) is 1. The van der Waals surface area contributed by atoms with Gasteiger partial charge in [0.25, 0.3) is 0 Å². The Morgan fingerprint density at radius 3 is 3.06 bits per heavy atom. The molecule has 0 aromatic heterocycles. The van der Waals surface area contributed by atoms with E-state index in [1.165, 1.54) is 24.9 Å². The maximum Gasteiger partial charge on any atom is 0.0408 e. The summed E-state index contributed by atoms with van der Waals surface area (Å²) in [5.41, 5.74) is 7.32. The van der Waals surface area contributed by atoms with Crippen LogP contribution in [0.4, 0.5) is 0 Å². The molecule has 94 valence electrons. The van der Waals surface area contributed by atoms with E-state index in [2.05, 4.69) is 24.0 Å². The summed E-state index contributed by atoms with van der Waals surface area (Å²) in [5.74, 6) is 0.513. The van der Waals surface area contributed by atoms with Crippen molar-refractivity contribution >= 4 is 11.6 Å². The number of hydrogen-bond donors (Lipinski definition) is 1. The summed E-state index contributed by atoms with van der Waals surface area (Å²) in [6.45, 7) is 5.54. The Labute approximate surface area is 109 Å². The molecule has 3 heteroatoms. The Morgan fingerprint density at radius 1 is 1.53 bits per heavy atom. The first kappa shape index (κ1) is 12.9. The van der Waals surface area contributed by atoms with Crippen molar-refractivity contribution < 1.29 is 0 Å². The minimum absolute atomic E-state index is 0.357. The smallest absolute Gasteiger partial charge is 0.0408 e. The lowest BCUT2D eigenvalue weighted by molar-refractivity contribution is 0.200. The predicted octanol–water partition coefficient (Wildman–Crippen LogP) is 2.87. The van der Waals surface area contributed by atoms with Gasteiger partial charge < -0.3 is 10.6 Å². The molecule has 1 saturated heterocycles. The normalized spacial score (nSPS) is 23.6. The van der Waals surface area contributed by atoms with Gasteiger partial charge in [-0.1, -0.05) is 30.7 Å². The number of nitrogens with zero attached hydrogens (tertiary/aromatic N) is 1. The minimum atomic E-state index is 0.357. The lowest BCUT2D eigenvalue weighted by Crippen LogP contribution is -2.44. The molecular formula is C14H21ClN2. The molecule has 17 heavy (non-hydrogen) atoms. The van der Waals surface area contributed by atoms with Crippen molar-refractivity contribution in [2.24, 2.45) is 5.73 Å². The van der Waals surface area contributed by atoms with E-state index in [0.717, 1.165) is 18.1 Å². The molecule has 2 atom stereocenters. The molecular weight excluding hydrogens is 232 g/mol. The molecule has 1 fully saturated rings. The molecule has 0 bridgehead atoms. The molecule has 1 aromatic carbocycles. The molecule has 1 aliphatic heterocycles. The average Bonchev–Trinajstić information content (AvgIpc) is 2.29. The summed E-state index contributed by atoms with van der Waals surface area (Å²) in [5, 5.41) is 0.824. The maximum absolute atomic E-state index is 6.02. The predicted molar refractivity (Wildman–Crippen MR) is 73.5 cm³/mol. The highest BCUT2D eigenvalue weighted by atomic mass is 35.5. The molecule has 0 radical (unpaired) electrons.